The van der Waals surface area contributed by atoms with Gasteiger partial charge in [-0.05, 0) is 56.0 Å². The summed E-state index contributed by atoms with van der Waals surface area (Å²) in [7, 11) is -3.79. The molecule has 150 valence electrons. The number of amides is 1. The molecule has 28 heavy (non-hydrogen) atoms. The number of aryl methyl sites for hydroxylation is 1. The van der Waals surface area contributed by atoms with Gasteiger partial charge in [0.25, 0.3) is 0 Å². The second kappa shape index (κ2) is 8.38. The van der Waals surface area contributed by atoms with E-state index in [1.54, 1.807) is 36.4 Å². The number of carbonyl (C=O) groups excluding carboxylic acids is 1. The van der Waals surface area contributed by atoms with Crippen molar-refractivity contribution in [2.45, 2.75) is 49.6 Å². The fraction of sp³-hybridized carbons (Fsp3) is 0.350. The Hall–Kier alpha value is -2.29. The van der Waals surface area contributed by atoms with Crippen LogP contribution in [0.3, 0.4) is 0 Å². The molecule has 0 aliphatic carbocycles. The van der Waals surface area contributed by atoms with Crippen molar-refractivity contribution in [3.05, 3.63) is 65.5 Å². The zero-order chi connectivity index (χ0) is 20.3. The summed E-state index contributed by atoms with van der Waals surface area (Å²) in [6.07, 6.45) is 1.72. The largest absolute Gasteiger partial charge is 0.294 e. The second-order valence-corrected chi connectivity index (χ2v) is 8.90. The summed E-state index contributed by atoms with van der Waals surface area (Å²) in [5.41, 5.74) is 3.78. The number of sulfonamides is 1. The first-order chi connectivity index (χ1) is 13.3. The number of hydrazine groups is 1. The summed E-state index contributed by atoms with van der Waals surface area (Å²) >= 11 is 0. The van der Waals surface area contributed by atoms with Crippen LogP contribution < -0.4 is 11.3 Å². The van der Waals surface area contributed by atoms with E-state index >= 15 is 0 Å². The van der Waals surface area contributed by atoms with Crippen molar-refractivity contribution in [1.82, 2.24) is 9.73 Å². The molecule has 2 unspecified atom stereocenters. The fourth-order valence-corrected chi connectivity index (χ4v) is 5.58. The minimum Gasteiger partial charge on any atom is -0.294 e. The SMILES string of the molecule is Cc1ccc(S(=O)(=O)N2C(CCC(=O)NN)CCC2c2ccc(F)cc2)cc1. The first kappa shape index (κ1) is 20.4. The van der Waals surface area contributed by atoms with Crippen LogP contribution in [0.2, 0.25) is 0 Å². The molecule has 2 aromatic rings. The number of nitrogens with zero attached hydrogens (tertiary/aromatic N) is 1. The van der Waals surface area contributed by atoms with Gasteiger partial charge in [0, 0.05) is 12.5 Å². The molecule has 6 nitrogen and oxygen atoms in total. The van der Waals surface area contributed by atoms with Gasteiger partial charge in [0.05, 0.1) is 10.9 Å². The van der Waals surface area contributed by atoms with Crippen LogP contribution in [0.25, 0.3) is 0 Å². The molecule has 1 amide bonds. The Bertz CT molecular complexity index is 930. The van der Waals surface area contributed by atoms with Gasteiger partial charge in [-0.1, -0.05) is 29.8 Å². The molecule has 1 fully saturated rings. The van der Waals surface area contributed by atoms with E-state index in [1.807, 2.05) is 6.92 Å². The molecule has 2 aromatic carbocycles. The monoisotopic (exact) mass is 405 g/mol. The highest BCUT2D eigenvalue weighted by Gasteiger charge is 2.42. The van der Waals surface area contributed by atoms with Crippen LogP contribution in [0.1, 0.15) is 42.9 Å². The number of benzene rings is 2. The van der Waals surface area contributed by atoms with E-state index < -0.39 is 16.1 Å². The van der Waals surface area contributed by atoms with E-state index in [0.717, 1.165) is 11.1 Å². The molecular formula is C20H24FN3O3S. The molecule has 2 atom stereocenters. The molecule has 1 aliphatic rings. The van der Waals surface area contributed by atoms with Crippen LogP contribution in [0.4, 0.5) is 4.39 Å². The lowest BCUT2D eigenvalue weighted by atomic mass is 10.0. The van der Waals surface area contributed by atoms with Gasteiger partial charge < -0.3 is 0 Å². The number of carbonyl (C=O) groups is 1. The molecule has 8 heteroatoms. The summed E-state index contributed by atoms with van der Waals surface area (Å²) < 4.78 is 41.7. The zero-order valence-electron chi connectivity index (χ0n) is 15.6. The Balaban J connectivity index is 1.97. The van der Waals surface area contributed by atoms with E-state index in [0.29, 0.717) is 19.3 Å². The smallest absolute Gasteiger partial charge is 0.243 e. The van der Waals surface area contributed by atoms with Crippen LogP contribution in [0.5, 0.6) is 0 Å². The molecule has 1 saturated heterocycles. The van der Waals surface area contributed by atoms with Crippen molar-refractivity contribution >= 4 is 15.9 Å². The first-order valence-electron chi connectivity index (χ1n) is 9.18. The average Bonchev–Trinajstić information content (AvgIpc) is 3.12. The van der Waals surface area contributed by atoms with Gasteiger partial charge in [0.2, 0.25) is 15.9 Å². The maximum Gasteiger partial charge on any atom is 0.243 e. The highest BCUT2D eigenvalue weighted by molar-refractivity contribution is 7.89. The maximum atomic E-state index is 13.4. The maximum absolute atomic E-state index is 13.4. The van der Waals surface area contributed by atoms with Crippen LogP contribution in [-0.2, 0) is 14.8 Å². The van der Waals surface area contributed by atoms with E-state index in [9.17, 15) is 17.6 Å². The summed E-state index contributed by atoms with van der Waals surface area (Å²) in [4.78, 5) is 11.8. The number of hydrogen-bond donors (Lipinski definition) is 2. The number of rotatable bonds is 6. The van der Waals surface area contributed by atoms with Crippen molar-refractivity contribution in [1.29, 1.82) is 0 Å². The highest BCUT2D eigenvalue weighted by Crippen LogP contribution is 2.42. The summed E-state index contributed by atoms with van der Waals surface area (Å²) in [6.45, 7) is 1.89. The number of nitrogens with two attached hydrogens (primary N) is 1. The number of hydrogen-bond acceptors (Lipinski definition) is 4. The molecule has 3 rings (SSSR count). The van der Waals surface area contributed by atoms with Crippen molar-refractivity contribution in [2.24, 2.45) is 5.84 Å². The minimum atomic E-state index is -3.79. The number of nitrogens with one attached hydrogen (secondary N) is 1. The Morgan fingerprint density at radius 3 is 2.39 bits per heavy atom. The molecule has 0 bridgehead atoms. The third-order valence-corrected chi connectivity index (χ3v) is 7.13. The van der Waals surface area contributed by atoms with Gasteiger partial charge in [-0.3, -0.25) is 10.2 Å². The average molecular weight is 405 g/mol. The Labute approximate surface area is 164 Å². The number of halogens is 1. The van der Waals surface area contributed by atoms with Gasteiger partial charge in [-0.25, -0.2) is 18.7 Å². The lowest BCUT2D eigenvalue weighted by molar-refractivity contribution is -0.121. The summed E-state index contributed by atoms with van der Waals surface area (Å²) in [5, 5.41) is 0. The van der Waals surface area contributed by atoms with Crippen LogP contribution >= 0.6 is 0 Å². The van der Waals surface area contributed by atoms with Crippen molar-refractivity contribution in [3.63, 3.8) is 0 Å². The van der Waals surface area contributed by atoms with Gasteiger partial charge in [0.15, 0.2) is 0 Å². The third-order valence-electron chi connectivity index (χ3n) is 5.16. The predicted molar refractivity (Wildman–Crippen MR) is 104 cm³/mol. The first-order valence-corrected chi connectivity index (χ1v) is 10.6. The van der Waals surface area contributed by atoms with Crippen molar-refractivity contribution in [3.8, 4) is 0 Å². The molecular weight excluding hydrogens is 381 g/mol. The van der Waals surface area contributed by atoms with Crippen molar-refractivity contribution < 1.29 is 17.6 Å². The summed E-state index contributed by atoms with van der Waals surface area (Å²) in [6, 6.07) is 11.9. The van der Waals surface area contributed by atoms with Gasteiger partial charge in [0.1, 0.15) is 5.82 Å². The molecule has 1 heterocycles. The van der Waals surface area contributed by atoms with E-state index in [4.69, 9.17) is 5.84 Å². The Morgan fingerprint density at radius 1 is 1.14 bits per heavy atom. The van der Waals surface area contributed by atoms with E-state index in [1.165, 1.54) is 16.4 Å². The zero-order valence-corrected chi connectivity index (χ0v) is 16.5. The minimum absolute atomic E-state index is 0.136. The molecule has 3 N–H and O–H groups in total. The van der Waals surface area contributed by atoms with E-state index in [-0.39, 0.29) is 29.1 Å². The highest BCUT2D eigenvalue weighted by atomic mass is 32.2. The van der Waals surface area contributed by atoms with E-state index in [2.05, 4.69) is 5.43 Å². The Morgan fingerprint density at radius 2 is 1.79 bits per heavy atom. The van der Waals surface area contributed by atoms with Gasteiger partial charge >= 0.3 is 0 Å². The normalized spacial score (nSPS) is 20.2. The lowest BCUT2D eigenvalue weighted by Crippen LogP contribution is -2.38. The predicted octanol–water partition coefficient (Wildman–Crippen LogP) is 2.80. The molecule has 1 aliphatic heterocycles. The fourth-order valence-electron chi connectivity index (χ4n) is 3.69. The lowest BCUT2D eigenvalue weighted by Gasteiger charge is -2.30. The molecule has 0 saturated carbocycles. The van der Waals surface area contributed by atoms with Gasteiger partial charge in [-0.2, -0.15) is 4.31 Å². The van der Waals surface area contributed by atoms with Crippen LogP contribution in [0, 0.1) is 12.7 Å². The van der Waals surface area contributed by atoms with Crippen LogP contribution in [-0.4, -0.2) is 24.7 Å². The summed E-state index contributed by atoms with van der Waals surface area (Å²) in [5.74, 6) is 4.44. The molecule has 0 spiro atoms. The van der Waals surface area contributed by atoms with Crippen molar-refractivity contribution in [2.75, 3.05) is 0 Å². The van der Waals surface area contributed by atoms with Gasteiger partial charge in [-0.15, -0.1) is 0 Å². The topological polar surface area (TPSA) is 92.5 Å². The molecule has 0 aromatic heterocycles. The second-order valence-electron chi connectivity index (χ2n) is 7.05. The standard InChI is InChI=1S/C20H24FN3O3S/c1-14-2-10-18(11-3-14)28(26,27)24-17(9-13-20(25)23-22)8-12-19(24)15-4-6-16(21)7-5-15/h2-7,10-11,17,19H,8-9,12-13,22H2,1H3,(H,23,25). The molecule has 0 radical (unpaired) electrons. The van der Waals surface area contributed by atoms with Crippen LogP contribution in [0.15, 0.2) is 53.4 Å². The quantitative estimate of drug-likeness (QED) is 0.439. The Kier molecular flexibility index (Phi) is 6.12. The third kappa shape index (κ3) is 4.24.